The van der Waals surface area contributed by atoms with Crippen LogP contribution in [-0.2, 0) is 10.0 Å². The van der Waals surface area contributed by atoms with Gasteiger partial charge in [-0.2, -0.15) is 0 Å². The molecule has 3 N–H and O–H groups in total. The fourth-order valence-electron chi connectivity index (χ4n) is 4.33. The fourth-order valence-corrected chi connectivity index (χ4v) is 4.86. The van der Waals surface area contributed by atoms with Crippen molar-refractivity contribution in [3.05, 3.63) is 42.4 Å². The van der Waals surface area contributed by atoms with Gasteiger partial charge in [0, 0.05) is 31.9 Å². The van der Waals surface area contributed by atoms with Crippen LogP contribution in [0, 0.1) is 0 Å². The van der Waals surface area contributed by atoms with Crippen LogP contribution < -0.4 is 14.8 Å². The highest BCUT2D eigenvalue weighted by Gasteiger charge is 2.54. The van der Waals surface area contributed by atoms with E-state index in [-0.39, 0.29) is 22.1 Å². The zero-order valence-corrected chi connectivity index (χ0v) is 17.7. The number of nitrogens with zero attached hydrogens (tertiary/aromatic N) is 4. The second-order valence-electron chi connectivity index (χ2n) is 7.95. The van der Waals surface area contributed by atoms with Crippen molar-refractivity contribution in [1.29, 1.82) is 0 Å². The van der Waals surface area contributed by atoms with E-state index in [1.807, 2.05) is 17.2 Å². The molecule has 0 unspecified atom stereocenters. The van der Waals surface area contributed by atoms with Gasteiger partial charge in [-0.15, -0.1) is 0 Å². The van der Waals surface area contributed by atoms with Gasteiger partial charge < -0.3 is 19.5 Å². The normalized spacial score (nSPS) is 17.9. The number of H-pyrrole nitrogens is 1. The van der Waals surface area contributed by atoms with Crippen molar-refractivity contribution < 1.29 is 17.9 Å². The van der Waals surface area contributed by atoms with Crippen molar-refractivity contribution in [2.45, 2.75) is 23.3 Å². The number of hydrogen-bond acceptors (Lipinski definition) is 7. The fraction of sp³-hybridized carbons (Fsp3) is 0.350. The SMILES string of the molecule is COc1cc(S(N)(=O)=O)ccc1C(=O)N1CCN(c2ncnc3[nH]ccc23)CC12CC2. The van der Waals surface area contributed by atoms with Crippen molar-refractivity contribution in [3.8, 4) is 5.75 Å². The van der Waals surface area contributed by atoms with E-state index in [2.05, 4.69) is 19.9 Å². The standard InChI is InChI=1S/C20H22N6O4S/c1-30-16-10-13(31(21,28)29)2-3-14(16)19(27)26-9-8-25(11-20(26)5-6-20)18-15-4-7-22-17(15)23-12-24-18/h2-4,7,10,12H,5-6,8-9,11H2,1H3,(H2,21,28,29)(H,22,23,24). The number of carbonyl (C=O) groups is 1. The molecular formula is C20H22N6O4S. The average Bonchev–Trinajstić information content (AvgIpc) is 3.33. The zero-order valence-electron chi connectivity index (χ0n) is 16.9. The molecule has 1 amide bonds. The molecule has 1 saturated carbocycles. The molecule has 10 nitrogen and oxygen atoms in total. The van der Waals surface area contributed by atoms with Crippen LogP contribution in [0.15, 0.2) is 41.7 Å². The maximum atomic E-state index is 13.4. The van der Waals surface area contributed by atoms with Crippen LogP contribution in [0.1, 0.15) is 23.2 Å². The molecule has 0 bridgehead atoms. The van der Waals surface area contributed by atoms with E-state index in [0.29, 0.717) is 25.2 Å². The zero-order chi connectivity index (χ0) is 21.8. The Bertz CT molecular complexity index is 1280. The van der Waals surface area contributed by atoms with E-state index >= 15 is 0 Å². The third kappa shape index (κ3) is 3.29. The highest BCUT2D eigenvalue weighted by molar-refractivity contribution is 7.89. The van der Waals surface area contributed by atoms with E-state index in [9.17, 15) is 13.2 Å². The molecule has 31 heavy (non-hydrogen) atoms. The van der Waals surface area contributed by atoms with Gasteiger partial charge in [-0.05, 0) is 31.0 Å². The molecule has 1 saturated heterocycles. The highest BCUT2D eigenvalue weighted by atomic mass is 32.2. The van der Waals surface area contributed by atoms with Crippen molar-refractivity contribution in [2.75, 3.05) is 31.6 Å². The summed E-state index contributed by atoms with van der Waals surface area (Å²) in [6.07, 6.45) is 5.18. The first-order valence-electron chi connectivity index (χ1n) is 9.88. The number of nitrogens with two attached hydrogens (primary N) is 1. The quantitative estimate of drug-likeness (QED) is 0.618. The summed E-state index contributed by atoms with van der Waals surface area (Å²) in [5, 5.41) is 6.16. The molecule has 0 radical (unpaired) electrons. The lowest BCUT2D eigenvalue weighted by Crippen LogP contribution is -2.57. The Labute approximate surface area is 179 Å². The summed E-state index contributed by atoms with van der Waals surface area (Å²) in [5.41, 5.74) is 0.838. The summed E-state index contributed by atoms with van der Waals surface area (Å²) < 4.78 is 28.6. The Morgan fingerprint density at radius 1 is 1.23 bits per heavy atom. The molecule has 3 heterocycles. The molecule has 5 rings (SSSR count). The van der Waals surface area contributed by atoms with Crippen molar-refractivity contribution in [3.63, 3.8) is 0 Å². The number of anilines is 1. The minimum absolute atomic E-state index is 0.0915. The van der Waals surface area contributed by atoms with Crippen LogP contribution in [0.4, 0.5) is 5.82 Å². The number of benzene rings is 1. The molecule has 3 aromatic rings. The second kappa shape index (κ2) is 6.92. The number of amides is 1. The molecule has 11 heteroatoms. The van der Waals surface area contributed by atoms with Crippen LogP contribution in [0.25, 0.3) is 11.0 Å². The average molecular weight is 443 g/mol. The number of aromatic amines is 1. The van der Waals surface area contributed by atoms with Gasteiger partial charge in [0.15, 0.2) is 0 Å². The van der Waals surface area contributed by atoms with Crippen LogP contribution in [-0.4, -0.2) is 66.5 Å². The number of carbonyl (C=O) groups excluding carboxylic acids is 1. The molecule has 1 spiro atoms. The molecule has 2 aliphatic rings. The number of sulfonamides is 1. The van der Waals surface area contributed by atoms with Gasteiger partial charge in [-0.25, -0.2) is 23.5 Å². The number of rotatable bonds is 4. The Balaban J connectivity index is 1.43. The number of primary sulfonamides is 1. The molecule has 2 aromatic heterocycles. The number of hydrogen-bond donors (Lipinski definition) is 2. The summed E-state index contributed by atoms with van der Waals surface area (Å²) in [6.45, 7) is 1.82. The molecular weight excluding hydrogens is 420 g/mol. The molecule has 2 fully saturated rings. The van der Waals surface area contributed by atoms with Gasteiger partial charge in [0.1, 0.15) is 23.5 Å². The number of methoxy groups -OCH3 is 1. The van der Waals surface area contributed by atoms with Gasteiger partial charge >= 0.3 is 0 Å². The predicted molar refractivity (Wildman–Crippen MR) is 113 cm³/mol. The first-order valence-corrected chi connectivity index (χ1v) is 11.4. The second-order valence-corrected chi connectivity index (χ2v) is 9.51. The Morgan fingerprint density at radius 3 is 2.74 bits per heavy atom. The molecule has 162 valence electrons. The first kappa shape index (κ1) is 19.8. The van der Waals surface area contributed by atoms with E-state index in [1.54, 1.807) is 6.33 Å². The van der Waals surface area contributed by atoms with E-state index in [4.69, 9.17) is 9.88 Å². The Kier molecular flexibility index (Phi) is 4.41. The van der Waals surface area contributed by atoms with Crippen molar-refractivity contribution in [2.24, 2.45) is 5.14 Å². The Morgan fingerprint density at radius 2 is 2.03 bits per heavy atom. The summed E-state index contributed by atoms with van der Waals surface area (Å²) in [4.78, 5) is 29.3. The maximum absolute atomic E-state index is 13.4. The van der Waals surface area contributed by atoms with Crippen molar-refractivity contribution >= 4 is 32.8 Å². The van der Waals surface area contributed by atoms with Gasteiger partial charge in [0.25, 0.3) is 5.91 Å². The monoisotopic (exact) mass is 442 g/mol. The summed E-state index contributed by atoms with van der Waals surface area (Å²) in [5.74, 6) is 0.878. The highest BCUT2D eigenvalue weighted by Crippen LogP contribution is 2.46. The number of piperazine rings is 1. The summed E-state index contributed by atoms with van der Waals surface area (Å²) >= 11 is 0. The lowest BCUT2D eigenvalue weighted by atomic mass is 10.1. The molecule has 1 aliphatic carbocycles. The van der Waals surface area contributed by atoms with Gasteiger partial charge in [-0.1, -0.05) is 0 Å². The topological polar surface area (TPSA) is 135 Å². The van der Waals surface area contributed by atoms with Crippen LogP contribution in [0.5, 0.6) is 5.75 Å². The van der Waals surface area contributed by atoms with E-state index in [1.165, 1.54) is 25.3 Å². The third-order valence-electron chi connectivity index (χ3n) is 6.09. The van der Waals surface area contributed by atoms with Crippen LogP contribution in [0.2, 0.25) is 0 Å². The molecule has 0 atom stereocenters. The maximum Gasteiger partial charge on any atom is 0.258 e. The van der Waals surface area contributed by atoms with Crippen LogP contribution >= 0.6 is 0 Å². The number of ether oxygens (including phenoxy) is 1. The lowest BCUT2D eigenvalue weighted by Gasteiger charge is -2.43. The Hall–Kier alpha value is -3.18. The number of nitrogens with one attached hydrogen (secondary N) is 1. The summed E-state index contributed by atoms with van der Waals surface area (Å²) in [7, 11) is -2.49. The molecule has 1 aliphatic heterocycles. The predicted octanol–water partition coefficient (Wildman–Crippen LogP) is 1.11. The number of aromatic nitrogens is 3. The van der Waals surface area contributed by atoms with E-state index in [0.717, 1.165) is 29.7 Å². The third-order valence-corrected chi connectivity index (χ3v) is 7.00. The first-order chi connectivity index (χ1) is 14.8. The molecule has 1 aromatic carbocycles. The van der Waals surface area contributed by atoms with Crippen molar-refractivity contribution in [1.82, 2.24) is 19.9 Å². The largest absolute Gasteiger partial charge is 0.496 e. The lowest BCUT2D eigenvalue weighted by molar-refractivity contribution is 0.0620. The van der Waals surface area contributed by atoms with Gasteiger partial charge in [0.2, 0.25) is 10.0 Å². The van der Waals surface area contributed by atoms with Gasteiger partial charge in [0.05, 0.1) is 28.5 Å². The van der Waals surface area contributed by atoms with E-state index < -0.39 is 10.0 Å². The number of fused-ring (bicyclic) bond motifs is 1. The minimum atomic E-state index is -3.89. The smallest absolute Gasteiger partial charge is 0.258 e. The van der Waals surface area contributed by atoms with Gasteiger partial charge in [-0.3, -0.25) is 4.79 Å². The van der Waals surface area contributed by atoms with Crippen LogP contribution in [0.3, 0.4) is 0 Å². The summed E-state index contributed by atoms with van der Waals surface area (Å²) in [6, 6.07) is 6.06. The minimum Gasteiger partial charge on any atom is -0.496 e.